The van der Waals surface area contributed by atoms with Gasteiger partial charge in [-0.05, 0) is 40.2 Å². The number of nitrogens with zero attached hydrogens (tertiary/aromatic N) is 1. The number of nitrogens with one attached hydrogen (secondary N) is 1. The highest BCUT2D eigenvalue weighted by molar-refractivity contribution is 9.10. The normalized spacial score (nSPS) is 11.2. The number of amides is 1. The molecular formula is C13H8BrF3N2O. The molecule has 2 rings (SSSR count). The minimum atomic E-state index is -4.59. The number of rotatable bonds is 2. The topological polar surface area (TPSA) is 42.0 Å². The SMILES string of the molecule is O=C(Nc1ncccc1Br)c1ccccc1C(F)(F)F. The van der Waals surface area contributed by atoms with Gasteiger partial charge in [-0.15, -0.1) is 0 Å². The molecule has 0 aliphatic carbocycles. The van der Waals surface area contributed by atoms with E-state index in [-0.39, 0.29) is 5.82 Å². The van der Waals surface area contributed by atoms with Crippen molar-refractivity contribution in [2.45, 2.75) is 6.18 Å². The number of pyridine rings is 1. The second-order valence-electron chi connectivity index (χ2n) is 3.83. The molecule has 0 atom stereocenters. The molecule has 0 radical (unpaired) electrons. The molecule has 0 aliphatic rings. The summed E-state index contributed by atoms with van der Waals surface area (Å²) in [7, 11) is 0. The Hall–Kier alpha value is -1.89. The van der Waals surface area contributed by atoms with Crippen molar-refractivity contribution in [3.05, 3.63) is 58.2 Å². The van der Waals surface area contributed by atoms with E-state index in [1.807, 2.05) is 0 Å². The summed E-state index contributed by atoms with van der Waals surface area (Å²) in [5, 5.41) is 2.34. The first kappa shape index (κ1) is 14.5. The predicted octanol–water partition coefficient (Wildman–Crippen LogP) is 4.12. The van der Waals surface area contributed by atoms with Crippen LogP contribution in [0, 0.1) is 0 Å². The van der Waals surface area contributed by atoms with E-state index >= 15 is 0 Å². The van der Waals surface area contributed by atoms with Gasteiger partial charge < -0.3 is 5.32 Å². The van der Waals surface area contributed by atoms with Crippen molar-refractivity contribution in [3.63, 3.8) is 0 Å². The van der Waals surface area contributed by atoms with Crippen molar-refractivity contribution in [3.8, 4) is 0 Å². The van der Waals surface area contributed by atoms with Crippen LogP contribution in [-0.2, 0) is 6.18 Å². The highest BCUT2D eigenvalue weighted by atomic mass is 79.9. The molecule has 20 heavy (non-hydrogen) atoms. The summed E-state index contributed by atoms with van der Waals surface area (Å²) < 4.78 is 38.9. The Labute approximate surface area is 121 Å². The van der Waals surface area contributed by atoms with Crippen molar-refractivity contribution >= 4 is 27.7 Å². The van der Waals surface area contributed by atoms with Crippen LogP contribution in [0.3, 0.4) is 0 Å². The summed E-state index contributed by atoms with van der Waals surface area (Å²) in [6, 6.07) is 7.84. The molecule has 1 N–H and O–H groups in total. The molecule has 1 aromatic heterocycles. The molecular weight excluding hydrogens is 337 g/mol. The third-order valence-electron chi connectivity index (χ3n) is 2.47. The average Bonchev–Trinajstić information content (AvgIpc) is 2.40. The molecule has 7 heteroatoms. The lowest BCUT2D eigenvalue weighted by atomic mass is 10.1. The van der Waals surface area contributed by atoms with Gasteiger partial charge in [-0.3, -0.25) is 4.79 Å². The van der Waals surface area contributed by atoms with E-state index < -0.39 is 23.2 Å². The van der Waals surface area contributed by atoms with E-state index in [1.165, 1.54) is 18.3 Å². The number of halogens is 4. The van der Waals surface area contributed by atoms with Gasteiger partial charge in [-0.2, -0.15) is 13.2 Å². The van der Waals surface area contributed by atoms with Gasteiger partial charge in [0.15, 0.2) is 0 Å². The lowest BCUT2D eigenvalue weighted by Crippen LogP contribution is -2.19. The molecule has 0 unspecified atom stereocenters. The van der Waals surface area contributed by atoms with Crippen LogP contribution in [0.1, 0.15) is 15.9 Å². The Balaban J connectivity index is 2.34. The predicted molar refractivity (Wildman–Crippen MR) is 71.3 cm³/mol. The van der Waals surface area contributed by atoms with Gasteiger partial charge in [0.05, 0.1) is 15.6 Å². The lowest BCUT2D eigenvalue weighted by molar-refractivity contribution is -0.137. The molecule has 0 bridgehead atoms. The highest BCUT2D eigenvalue weighted by Gasteiger charge is 2.34. The fourth-order valence-corrected chi connectivity index (χ4v) is 1.93. The largest absolute Gasteiger partial charge is 0.417 e. The molecule has 0 fully saturated rings. The van der Waals surface area contributed by atoms with Crippen LogP contribution in [0.5, 0.6) is 0 Å². The molecule has 2 aromatic rings. The maximum absolute atomic E-state index is 12.8. The molecule has 0 saturated carbocycles. The van der Waals surface area contributed by atoms with Crippen molar-refractivity contribution in [2.75, 3.05) is 5.32 Å². The van der Waals surface area contributed by atoms with E-state index in [9.17, 15) is 18.0 Å². The number of alkyl halides is 3. The zero-order valence-electron chi connectivity index (χ0n) is 9.91. The Morgan fingerprint density at radius 1 is 1.15 bits per heavy atom. The fraction of sp³-hybridized carbons (Fsp3) is 0.0769. The number of benzene rings is 1. The first-order valence-electron chi connectivity index (χ1n) is 5.47. The van der Waals surface area contributed by atoms with E-state index in [0.717, 1.165) is 12.1 Å². The molecule has 3 nitrogen and oxygen atoms in total. The molecule has 0 aliphatic heterocycles. The number of anilines is 1. The summed E-state index contributed by atoms with van der Waals surface area (Å²) in [6.07, 6.45) is -3.16. The van der Waals surface area contributed by atoms with Crippen LogP contribution in [0.4, 0.5) is 19.0 Å². The van der Waals surface area contributed by atoms with E-state index in [0.29, 0.717) is 4.47 Å². The monoisotopic (exact) mass is 344 g/mol. The van der Waals surface area contributed by atoms with Crippen molar-refractivity contribution < 1.29 is 18.0 Å². The Bertz CT molecular complexity index is 644. The summed E-state index contributed by atoms with van der Waals surface area (Å²) >= 11 is 3.16. The molecule has 0 saturated heterocycles. The number of carbonyl (C=O) groups is 1. The van der Waals surface area contributed by atoms with E-state index in [1.54, 1.807) is 12.1 Å². The molecule has 104 valence electrons. The third kappa shape index (κ3) is 3.16. The summed E-state index contributed by atoms with van der Waals surface area (Å²) in [4.78, 5) is 15.8. The number of hydrogen-bond donors (Lipinski definition) is 1. The number of aromatic nitrogens is 1. The summed E-state index contributed by atoms with van der Waals surface area (Å²) in [6.45, 7) is 0. The van der Waals surface area contributed by atoms with Crippen molar-refractivity contribution in [2.24, 2.45) is 0 Å². The molecule has 1 heterocycles. The summed E-state index contributed by atoms with van der Waals surface area (Å²) in [5.74, 6) is -0.702. The zero-order valence-corrected chi connectivity index (χ0v) is 11.5. The van der Waals surface area contributed by atoms with Crippen molar-refractivity contribution in [1.29, 1.82) is 0 Å². The molecule has 1 amide bonds. The van der Waals surface area contributed by atoms with E-state index in [2.05, 4.69) is 26.2 Å². The first-order chi connectivity index (χ1) is 9.39. The van der Waals surface area contributed by atoms with Gasteiger partial charge in [0.25, 0.3) is 5.91 Å². The maximum atomic E-state index is 12.8. The Morgan fingerprint density at radius 2 is 1.85 bits per heavy atom. The number of carbonyl (C=O) groups excluding carboxylic acids is 1. The van der Waals surface area contributed by atoms with Crippen LogP contribution in [-0.4, -0.2) is 10.9 Å². The van der Waals surface area contributed by atoms with Crippen LogP contribution >= 0.6 is 15.9 Å². The van der Waals surface area contributed by atoms with Gasteiger partial charge in [0, 0.05) is 6.20 Å². The average molecular weight is 345 g/mol. The quantitative estimate of drug-likeness (QED) is 0.890. The third-order valence-corrected chi connectivity index (χ3v) is 3.11. The second kappa shape index (κ2) is 5.62. The van der Waals surface area contributed by atoms with E-state index in [4.69, 9.17) is 0 Å². The molecule has 0 spiro atoms. The molecule has 1 aromatic carbocycles. The van der Waals surface area contributed by atoms with Crippen molar-refractivity contribution in [1.82, 2.24) is 4.98 Å². The van der Waals surface area contributed by atoms with Gasteiger partial charge in [-0.1, -0.05) is 12.1 Å². The van der Waals surface area contributed by atoms with Gasteiger partial charge in [-0.25, -0.2) is 4.98 Å². The zero-order chi connectivity index (χ0) is 14.8. The summed E-state index contributed by atoms with van der Waals surface area (Å²) in [5.41, 5.74) is -1.43. The van der Waals surface area contributed by atoms with Crippen LogP contribution in [0.15, 0.2) is 47.1 Å². The standard InChI is InChI=1S/C13H8BrF3N2O/c14-10-6-3-7-18-11(10)19-12(20)8-4-1-2-5-9(8)13(15,16)17/h1-7H,(H,18,19,20). The Kier molecular flexibility index (Phi) is 4.08. The van der Waals surface area contributed by atoms with Crippen LogP contribution in [0.2, 0.25) is 0 Å². The van der Waals surface area contributed by atoms with Gasteiger partial charge in [0.1, 0.15) is 5.82 Å². The van der Waals surface area contributed by atoms with Crippen LogP contribution < -0.4 is 5.32 Å². The van der Waals surface area contributed by atoms with Gasteiger partial charge in [0.2, 0.25) is 0 Å². The minimum absolute atomic E-state index is 0.162. The lowest BCUT2D eigenvalue weighted by Gasteiger charge is -2.12. The minimum Gasteiger partial charge on any atom is -0.306 e. The Morgan fingerprint density at radius 3 is 2.50 bits per heavy atom. The smallest absolute Gasteiger partial charge is 0.306 e. The maximum Gasteiger partial charge on any atom is 0.417 e. The van der Waals surface area contributed by atoms with Gasteiger partial charge >= 0.3 is 6.18 Å². The van der Waals surface area contributed by atoms with Crippen LogP contribution in [0.25, 0.3) is 0 Å². The first-order valence-corrected chi connectivity index (χ1v) is 6.27. The fourth-order valence-electron chi connectivity index (χ4n) is 1.58. The highest BCUT2D eigenvalue weighted by Crippen LogP contribution is 2.32. The number of hydrogen-bond acceptors (Lipinski definition) is 2. The second-order valence-corrected chi connectivity index (χ2v) is 4.69.